The smallest absolute Gasteiger partial charge is 0.0618 e. The van der Waals surface area contributed by atoms with Crippen molar-refractivity contribution >= 4 is 0 Å². The number of rotatable bonds is 7. The lowest BCUT2D eigenvalue weighted by Gasteiger charge is -2.26. The molecule has 2 aromatic rings. The topological polar surface area (TPSA) is 21.3 Å². The highest BCUT2D eigenvalue weighted by Gasteiger charge is 2.33. The number of hydrogen-bond acceptors (Lipinski definition) is 2. The third-order valence-electron chi connectivity index (χ3n) is 4.18. The van der Waals surface area contributed by atoms with Crippen molar-refractivity contribution in [2.75, 3.05) is 13.7 Å². The van der Waals surface area contributed by atoms with Crippen LogP contribution in [0.2, 0.25) is 0 Å². The van der Waals surface area contributed by atoms with Crippen LogP contribution in [0, 0.1) is 5.92 Å². The quantitative estimate of drug-likeness (QED) is 0.833. The molecule has 1 unspecified atom stereocenters. The summed E-state index contributed by atoms with van der Waals surface area (Å²) in [5.74, 6) is 0.764. The van der Waals surface area contributed by atoms with E-state index in [2.05, 4.69) is 66.0 Å². The first-order valence-electron chi connectivity index (χ1n) is 7.73. The van der Waals surface area contributed by atoms with Gasteiger partial charge in [0.2, 0.25) is 0 Å². The molecule has 0 radical (unpaired) electrons. The van der Waals surface area contributed by atoms with E-state index in [9.17, 15) is 0 Å². The summed E-state index contributed by atoms with van der Waals surface area (Å²) >= 11 is 0. The van der Waals surface area contributed by atoms with E-state index in [4.69, 9.17) is 4.74 Å². The zero-order valence-corrected chi connectivity index (χ0v) is 12.5. The summed E-state index contributed by atoms with van der Waals surface area (Å²) in [5, 5.41) is 3.82. The predicted molar refractivity (Wildman–Crippen MR) is 86.3 cm³/mol. The fraction of sp³-hybridized carbons (Fsp3) is 0.368. The molecule has 1 aliphatic carbocycles. The normalized spacial score (nSPS) is 16.1. The van der Waals surface area contributed by atoms with Crippen LogP contribution in [0.4, 0.5) is 0 Å². The Balaban J connectivity index is 1.85. The Morgan fingerprint density at radius 2 is 1.48 bits per heavy atom. The second-order valence-electron chi connectivity index (χ2n) is 5.82. The molecule has 2 nitrogen and oxygen atoms in total. The van der Waals surface area contributed by atoms with Gasteiger partial charge in [-0.3, -0.25) is 0 Å². The highest BCUT2D eigenvalue weighted by Crippen LogP contribution is 2.35. The molecule has 2 aromatic carbocycles. The minimum absolute atomic E-state index is 0.230. The van der Waals surface area contributed by atoms with Crippen molar-refractivity contribution in [1.82, 2.24) is 5.32 Å². The summed E-state index contributed by atoms with van der Waals surface area (Å²) in [6.07, 6.45) is 2.63. The minimum atomic E-state index is 0.230. The van der Waals surface area contributed by atoms with E-state index in [0.717, 1.165) is 12.5 Å². The van der Waals surface area contributed by atoms with Crippen molar-refractivity contribution in [3.63, 3.8) is 0 Å². The zero-order chi connectivity index (χ0) is 14.5. The Labute approximate surface area is 127 Å². The molecular formula is C19H23NO. The summed E-state index contributed by atoms with van der Waals surface area (Å²) in [4.78, 5) is 0. The van der Waals surface area contributed by atoms with Gasteiger partial charge in [0, 0.05) is 13.2 Å². The highest BCUT2D eigenvalue weighted by molar-refractivity contribution is 5.31. The third-order valence-corrected chi connectivity index (χ3v) is 4.18. The lowest BCUT2D eigenvalue weighted by Crippen LogP contribution is -2.38. The van der Waals surface area contributed by atoms with E-state index in [0.29, 0.717) is 6.04 Å². The first kappa shape index (κ1) is 14.3. The predicted octanol–water partition coefficient (Wildman–Crippen LogP) is 3.79. The molecule has 0 saturated heterocycles. The molecule has 0 aromatic heterocycles. The minimum Gasteiger partial charge on any atom is -0.383 e. The molecular weight excluding hydrogens is 258 g/mol. The Hall–Kier alpha value is -1.64. The van der Waals surface area contributed by atoms with Gasteiger partial charge < -0.3 is 10.1 Å². The Bertz CT molecular complexity index is 497. The van der Waals surface area contributed by atoms with Gasteiger partial charge in [-0.1, -0.05) is 60.7 Å². The summed E-state index contributed by atoms with van der Waals surface area (Å²) < 4.78 is 5.42. The van der Waals surface area contributed by atoms with Gasteiger partial charge in [-0.2, -0.15) is 0 Å². The fourth-order valence-corrected chi connectivity index (χ4v) is 2.89. The van der Waals surface area contributed by atoms with Gasteiger partial charge in [0.05, 0.1) is 12.6 Å². The molecule has 3 rings (SSSR count). The SMILES string of the molecule is COCC(NC(c1ccccc1)c1ccccc1)C1CC1. The molecule has 0 spiro atoms. The Kier molecular flexibility index (Phi) is 4.69. The van der Waals surface area contributed by atoms with Crippen LogP contribution in [0.1, 0.15) is 30.0 Å². The largest absolute Gasteiger partial charge is 0.383 e. The highest BCUT2D eigenvalue weighted by atomic mass is 16.5. The summed E-state index contributed by atoms with van der Waals surface area (Å²) in [6.45, 7) is 0.779. The second kappa shape index (κ2) is 6.88. The molecule has 1 N–H and O–H groups in total. The van der Waals surface area contributed by atoms with Gasteiger partial charge >= 0.3 is 0 Å². The molecule has 2 heteroatoms. The maximum absolute atomic E-state index is 5.42. The molecule has 1 aliphatic rings. The van der Waals surface area contributed by atoms with Crippen LogP contribution in [0.15, 0.2) is 60.7 Å². The maximum Gasteiger partial charge on any atom is 0.0618 e. The number of nitrogens with one attached hydrogen (secondary N) is 1. The van der Waals surface area contributed by atoms with Crippen molar-refractivity contribution in [1.29, 1.82) is 0 Å². The summed E-state index contributed by atoms with van der Waals surface area (Å²) in [5.41, 5.74) is 2.62. The van der Waals surface area contributed by atoms with Crippen molar-refractivity contribution < 1.29 is 4.74 Å². The van der Waals surface area contributed by atoms with Gasteiger partial charge in [0.1, 0.15) is 0 Å². The van der Waals surface area contributed by atoms with Crippen molar-refractivity contribution in [3.05, 3.63) is 71.8 Å². The average molecular weight is 281 g/mol. The van der Waals surface area contributed by atoms with Gasteiger partial charge in [-0.05, 0) is 29.9 Å². The van der Waals surface area contributed by atoms with Crippen LogP contribution in [0.5, 0.6) is 0 Å². The summed E-state index contributed by atoms with van der Waals surface area (Å²) in [6, 6.07) is 22.0. The zero-order valence-electron chi connectivity index (χ0n) is 12.5. The second-order valence-corrected chi connectivity index (χ2v) is 5.82. The average Bonchev–Trinajstić information content (AvgIpc) is 3.38. The molecule has 21 heavy (non-hydrogen) atoms. The lowest BCUT2D eigenvalue weighted by molar-refractivity contribution is 0.154. The van der Waals surface area contributed by atoms with Gasteiger partial charge in [0.25, 0.3) is 0 Å². The number of ether oxygens (including phenoxy) is 1. The van der Waals surface area contributed by atoms with Crippen LogP contribution < -0.4 is 5.32 Å². The number of methoxy groups -OCH3 is 1. The van der Waals surface area contributed by atoms with E-state index < -0.39 is 0 Å². The molecule has 1 saturated carbocycles. The molecule has 0 bridgehead atoms. The van der Waals surface area contributed by atoms with Gasteiger partial charge in [-0.15, -0.1) is 0 Å². The summed E-state index contributed by atoms with van der Waals surface area (Å²) in [7, 11) is 1.79. The number of hydrogen-bond donors (Lipinski definition) is 1. The van der Waals surface area contributed by atoms with Crippen molar-refractivity contribution in [2.24, 2.45) is 5.92 Å². The molecule has 1 atom stereocenters. The van der Waals surface area contributed by atoms with E-state index >= 15 is 0 Å². The van der Waals surface area contributed by atoms with Crippen LogP contribution in [-0.2, 0) is 4.74 Å². The van der Waals surface area contributed by atoms with Crippen LogP contribution in [-0.4, -0.2) is 19.8 Å². The molecule has 0 aliphatic heterocycles. The van der Waals surface area contributed by atoms with Crippen molar-refractivity contribution in [2.45, 2.75) is 24.9 Å². The Morgan fingerprint density at radius 1 is 0.952 bits per heavy atom. The fourth-order valence-electron chi connectivity index (χ4n) is 2.89. The first-order valence-corrected chi connectivity index (χ1v) is 7.73. The van der Waals surface area contributed by atoms with Crippen LogP contribution in [0.3, 0.4) is 0 Å². The van der Waals surface area contributed by atoms with Gasteiger partial charge in [0.15, 0.2) is 0 Å². The lowest BCUT2D eigenvalue weighted by atomic mass is 9.97. The van der Waals surface area contributed by atoms with Gasteiger partial charge in [-0.25, -0.2) is 0 Å². The van der Waals surface area contributed by atoms with Crippen molar-refractivity contribution in [3.8, 4) is 0 Å². The molecule has 0 amide bonds. The standard InChI is InChI=1S/C19H23NO/c1-21-14-18(15-12-13-15)20-19(16-8-4-2-5-9-16)17-10-6-3-7-11-17/h2-11,15,18-20H,12-14H2,1H3. The Morgan fingerprint density at radius 3 is 1.90 bits per heavy atom. The molecule has 0 heterocycles. The maximum atomic E-state index is 5.42. The molecule has 1 fully saturated rings. The first-order chi connectivity index (χ1) is 10.4. The van der Waals surface area contributed by atoms with E-state index in [1.807, 2.05) is 0 Å². The van der Waals surface area contributed by atoms with Crippen LogP contribution in [0.25, 0.3) is 0 Å². The van der Waals surface area contributed by atoms with E-state index in [1.54, 1.807) is 7.11 Å². The third kappa shape index (κ3) is 3.72. The van der Waals surface area contributed by atoms with E-state index in [-0.39, 0.29) is 6.04 Å². The monoisotopic (exact) mass is 281 g/mol. The number of benzene rings is 2. The van der Waals surface area contributed by atoms with Crippen LogP contribution >= 0.6 is 0 Å². The van der Waals surface area contributed by atoms with E-state index in [1.165, 1.54) is 24.0 Å². The molecule has 110 valence electrons.